The third-order valence-electron chi connectivity index (χ3n) is 3.56. The van der Waals surface area contributed by atoms with E-state index < -0.39 is 10.0 Å². The lowest BCUT2D eigenvalue weighted by atomic mass is 10.2. The second-order valence-corrected chi connectivity index (χ2v) is 8.75. The Morgan fingerprint density at radius 3 is 2.74 bits per heavy atom. The Labute approximate surface area is 168 Å². The number of amides is 1. The maximum atomic E-state index is 12.5. The van der Waals surface area contributed by atoms with Gasteiger partial charge < -0.3 is 9.73 Å². The molecule has 0 bridgehead atoms. The van der Waals surface area contributed by atoms with Crippen LogP contribution >= 0.6 is 22.9 Å². The lowest BCUT2D eigenvalue weighted by molar-refractivity contribution is -0.114. The molecule has 3 rings (SSSR count). The zero-order valence-corrected chi connectivity index (χ0v) is 16.8. The molecule has 0 spiro atoms. The Bertz CT molecular complexity index is 1100. The van der Waals surface area contributed by atoms with E-state index in [1.165, 1.54) is 24.3 Å². The van der Waals surface area contributed by atoms with Crippen molar-refractivity contribution in [3.63, 3.8) is 0 Å². The van der Waals surface area contributed by atoms with Crippen molar-refractivity contribution in [1.82, 2.24) is 9.71 Å². The van der Waals surface area contributed by atoms with Gasteiger partial charge in [0.25, 0.3) is 10.0 Å². The number of carbonyl (C=O) groups is 1. The van der Waals surface area contributed by atoms with E-state index in [1.807, 2.05) is 0 Å². The second-order valence-electron chi connectivity index (χ2n) is 5.65. The van der Waals surface area contributed by atoms with Crippen molar-refractivity contribution in [2.45, 2.75) is 25.5 Å². The fraction of sp³-hybridized carbons (Fsp3) is 0.176. The Morgan fingerprint density at radius 1 is 1.30 bits per heavy atom. The van der Waals surface area contributed by atoms with Crippen LogP contribution in [0, 0.1) is 6.92 Å². The summed E-state index contributed by atoms with van der Waals surface area (Å²) >= 11 is 7.25. The molecule has 27 heavy (non-hydrogen) atoms. The van der Waals surface area contributed by atoms with E-state index in [0.29, 0.717) is 32.0 Å². The molecule has 2 N–H and O–H groups in total. The minimum Gasteiger partial charge on any atom is -0.442 e. The number of furan rings is 1. The van der Waals surface area contributed by atoms with Gasteiger partial charge in [0, 0.05) is 21.3 Å². The van der Waals surface area contributed by atoms with Crippen LogP contribution in [0.1, 0.15) is 21.0 Å². The van der Waals surface area contributed by atoms with Crippen LogP contribution in [0.15, 0.2) is 45.9 Å². The monoisotopic (exact) mass is 429 g/mol. The van der Waals surface area contributed by atoms with Crippen LogP contribution in [-0.4, -0.2) is 19.3 Å². The van der Waals surface area contributed by atoms with Crippen molar-refractivity contribution in [1.29, 1.82) is 0 Å². The van der Waals surface area contributed by atoms with Gasteiger partial charge in [0.05, 0.1) is 10.6 Å². The second kappa shape index (κ2) is 7.81. The molecule has 0 aliphatic heterocycles. The average molecular weight is 430 g/mol. The van der Waals surface area contributed by atoms with E-state index in [0.717, 1.165) is 0 Å². The minimum absolute atomic E-state index is 0. The first-order chi connectivity index (χ1) is 12.8. The highest BCUT2D eigenvalue weighted by molar-refractivity contribution is 7.89. The fourth-order valence-corrected chi connectivity index (χ4v) is 4.41. The molecule has 7 nitrogen and oxygen atoms in total. The van der Waals surface area contributed by atoms with E-state index >= 15 is 0 Å². The fourth-order valence-electron chi connectivity index (χ4n) is 2.30. The van der Waals surface area contributed by atoms with E-state index in [4.69, 9.17) is 16.0 Å². The average Bonchev–Trinajstić information content (AvgIpc) is 3.21. The molecular formula is C17H20ClN3O4S2. The molecule has 0 saturated carbocycles. The molecule has 10 heteroatoms. The van der Waals surface area contributed by atoms with Crippen molar-refractivity contribution in [2.75, 3.05) is 5.32 Å². The van der Waals surface area contributed by atoms with Gasteiger partial charge in [-0.1, -0.05) is 41.1 Å². The van der Waals surface area contributed by atoms with Gasteiger partial charge in [-0.2, -0.15) is 0 Å². The molecule has 0 aliphatic carbocycles. The number of aromatic nitrogens is 1. The van der Waals surface area contributed by atoms with Crippen LogP contribution in [-0.2, 0) is 21.4 Å². The molecule has 146 valence electrons. The van der Waals surface area contributed by atoms with Crippen molar-refractivity contribution < 1.29 is 20.5 Å². The van der Waals surface area contributed by atoms with Gasteiger partial charge in [0.1, 0.15) is 5.76 Å². The number of hydrogen-bond acceptors (Lipinski definition) is 6. The number of benzene rings is 1. The summed E-state index contributed by atoms with van der Waals surface area (Å²) in [6, 6.07) is 9.91. The zero-order valence-electron chi connectivity index (χ0n) is 14.4. The standard InChI is InChI=1S/C17H16ClN3O4S2.2H2/c1-10-16(26-17(20-10)21-11(2)22)14-7-8-15(25-14)27(23,24)19-9-12-5-3-4-6-13(12)18;;/h3-8,19H,9H2,1-2H3,(H,20,21,22);2*1H. The van der Waals surface area contributed by atoms with E-state index in [2.05, 4.69) is 15.0 Å². The van der Waals surface area contributed by atoms with Gasteiger partial charge in [-0.3, -0.25) is 4.79 Å². The number of anilines is 1. The topological polar surface area (TPSA) is 101 Å². The maximum Gasteiger partial charge on any atom is 0.274 e. The van der Waals surface area contributed by atoms with E-state index in [9.17, 15) is 13.2 Å². The Morgan fingerprint density at radius 2 is 2.04 bits per heavy atom. The molecule has 0 aliphatic rings. The third-order valence-corrected chi connectivity index (χ3v) is 6.29. The van der Waals surface area contributed by atoms with Crippen molar-refractivity contribution in [3.8, 4) is 10.6 Å². The highest BCUT2D eigenvalue weighted by Crippen LogP contribution is 2.34. The molecular weight excluding hydrogens is 410 g/mol. The first-order valence-corrected chi connectivity index (χ1v) is 10.5. The highest BCUT2D eigenvalue weighted by atomic mass is 35.5. The molecule has 0 radical (unpaired) electrons. The molecule has 0 saturated heterocycles. The summed E-state index contributed by atoms with van der Waals surface area (Å²) in [5, 5.41) is 3.29. The van der Waals surface area contributed by atoms with E-state index in [-0.39, 0.29) is 20.4 Å². The lowest BCUT2D eigenvalue weighted by Gasteiger charge is -2.06. The van der Waals surface area contributed by atoms with Gasteiger partial charge >= 0.3 is 0 Å². The molecule has 1 aromatic carbocycles. The lowest BCUT2D eigenvalue weighted by Crippen LogP contribution is -2.22. The number of thiazole rings is 1. The first-order valence-electron chi connectivity index (χ1n) is 7.84. The SMILES string of the molecule is CC(=O)Nc1nc(C)c(-c2ccc(S(=O)(=O)NCc3ccccc3Cl)o2)s1.[HH].[HH]. The largest absolute Gasteiger partial charge is 0.442 e. The molecule has 2 aromatic heterocycles. The van der Waals surface area contributed by atoms with Crippen LogP contribution in [0.2, 0.25) is 5.02 Å². The van der Waals surface area contributed by atoms with Gasteiger partial charge in [-0.05, 0) is 30.7 Å². The summed E-state index contributed by atoms with van der Waals surface area (Å²) in [5.74, 6) is 0.126. The number of aryl methyl sites for hydroxylation is 1. The molecule has 1 amide bonds. The number of nitrogens with zero attached hydrogens (tertiary/aromatic N) is 1. The van der Waals surface area contributed by atoms with Crippen molar-refractivity contribution in [3.05, 3.63) is 52.7 Å². The molecule has 0 unspecified atom stereocenters. The Balaban J connectivity index is 0.00000210. The predicted octanol–water partition coefficient (Wildman–Crippen LogP) is 4.29. The highest BCUT2D eigenvalue weighted by Gasteiger charge is 2.21. The summed E-state index contributed by atoms with van der Waals surface area (Å²) in [6.07, 6.45) is 0. The molecule has 3 aromatic rings. The van der Waals surface area contributed by atoms with Gasteiger partial charge in [-0.25, -0.2) is 18.1 Å². The van der Waals surface area contributed by atoms with Crippen LogP contribution in [0.25, 0.3) is 10.6 Å². The van der Waals surface area contributed by atoms with Crippen molar-refractivity contribution >= 4 is 44.0 Å². The number of sulfonamides is 1. The molecule has 2 heterocycles. The quantitative estimate of drug-likeness (QED) is 0.608. The molecule has 0 fully saturated rings. The number of nitrogens with one attached hydrogen (secondary N) is 2. The summed E-state index contributed by atoms with van der Waals surface area (Å²) < 4.78 is 33.0. The number of halogens is 1. The van der Waals surface area contributed by atoms with Gasteiger partial charge in [0.2, 0.25) is 11.0 Å². The van der Waals surface area contributed by atoms with Crippen molar-refractivity contribution in [2.24, 2.45) is 0 Å². The zero-order chi connectivity index (χ0) is 19.6. The van der Waals surface area contributed by atoms with Gasteiger partial charge in [-0.15, -0.1) is 0 Å². The van der Waals surface area contributed by atoms with E-state index in [1.54, 1.807) is 37.3 Å². The number of hydrogen-bond donors (Lipinski definition) is 2. The first kappa shape index (κ1) is 19.6. The normalized spacial score (nSPS) is 11.5. The van der Waals surface area contributed by atoms with Gasteiger partial charge in [0.15, 0.2) is 5.13 Å². The summed E-state index contributed by atoms with van der Waals surface area (Å²) in [6.45, 7) is 3.19. The summed E-state index contributed by atoms with van der Waals surface area (Å²) in [7, 11) is -3.85. The number of carbonyl (C=O) groups excluding carboxylic acids is 1. The number of rotatable bonds is 6. The summed E-state index contributed by atoms with van der Waals surface area (Å²) in [4.78, 5) is 16.0. The molecule has 0 atom stereocenters. The van der Waals surface area contributed by atoms with Crippen LogP contribution in [0.5, 0.6) is 0 Å². The van der Waals surface area contributed by atoms with Crippen LogP contribution in [0.4, 0.5) is 5.13 Å². The van der Waals surface area contributed by atoms with Crippen LogP contribution in [0.3, 0.4) is 0 Å². The predicted molar refractivity (Wildman–Crippen MR) is 109 cm³/mol. The smallest absolute Gasteiger partial charge is 0.274 e. The maximum absolute atomic E-state index is 12.5. The Kier molecular flexibility index (Phi) is 5.66. The Hall–Kier alpha value is -2.20. The third kappa shape index (κ3) is 4.56. The minimum atomic E-state index is -3.85. The van der Waals surface area contributed by atoms with Crippen LogP contribution < -0.4 is 10.0 Å². The summed E-state index contributed by atoms with van der Waals surface area (Å²) in [5.41, 5.74) is 1.29.